The van der Waals surface area contributed by atoms with Crippen LogP contribution < -0.4 is 0 Å². The molecular weight excluding hydrogens is 347 g/mol. The van der Waals surface area contributed by atoms with Gasteiger partial charge in [-0.05, 0) is 38.8 Å². The second-order valence-corrected chi connectivity index (χ2v) is 6.53. The average Bonchev–Trinajstić information content (AvgIpc) is 2.71. The van der Waals surface area contributed by atoms with E-state index in [1.165, 1.54) is 9.58 Å². The summed E-state index contributed by atoms with van der Waals surface area (Å²) in [4.78, 5) is 13.3. The van der Waals surface area contributed by atoms with Crippen molar-refractivity contribution < 1.29 is 22.7 Å². The number of nitrogens with zero attached hydrogens (tertiary/aromatic N) is 3. The highest BCUT2D eigenvalue weighted by atomic mass is 35.5. The van der Waals surface area contributed by atoms with Crippen LogP contribution >= 0.6 is 11.6 Å². The van der Waals surface area contributed by atoms with Crippen LogP contribution in [-0.2, 0) is 23.0 Å². The molecule has 0 spiro atoms. The van der Waals surface area contributed by atoms with Gasteiger partial charge in [0, 0.05) is 12.6 Å². The number of ether oxygens (including phenoxy) is 1. The Morgan fingerprint density at radius 1 is 1.38 bits per heavy atom. The molecule has 136 valence electrons. The first-order valence-electron chi connectivity index (χ1n) is 7.78. The molecule has 2 rings (SSSR count). The van der Waals surface area contributed by atoms with Crippen LogP contribution in [0.25, 0.3) is 0 Å². The predicted molar refractivity (Wildman–Crippen MR) is 82.8 cm³/mol. The van der Waals surface area contributed by atoms with Crippen LogP contribution in [0.1, 0.15) is 24.1 Å². The fraction of sp³-hybridized carbons (Fsp3) is 0.733. The standard InChI is InChI=1S/C15H21ClF3N3O2/c1-10-12(14(16)21(2)20-10)7-13(23)24-8-11-3-5-22(6-4-11)9-15(17,18)19/h11H,3-9H2,1-2H3. The van der Waals surface area contributed by atoms with Gasteiger partial charge in [-0.1, -0.05) is 11.6 Å². The van der Waals surface area contributed by atoms with Gasteiger partial charge in [-0.25, -0.2) is 0 Å². The molecule has 1 aliphatic heterocycles. The number of carbonyl (C=O) groups excluding carboxylic acids is 1. The Labute approximate surface area is 143 Å². The summed E-state index contributed by atoms with van der Waals surface area (Å²) in [5.74, 6) is -0.297. The summed E-state index contributed by atoms with van der Waals surface area (Å²) in [6, 6.07) is 0. The van der Waals surface area contributed by atoms with Crippen molar-refractivity contribution in [2.45, 2.75) is 32.4 Å². The minimum Gasteiger partial charge on any atom is -0.465 e. The van der Waals surface area contributed by atoms with Gasteiger partial charge in [0.25, 0.3) is 0 Å². The van der Waals surface area contributed by atoms with Gasteiger partial charge in [0.05, 0.1) is 25.3 Å². The molecule has 5 nitrogen and oxygen atoms in total. The molecule has 1 fully saturated rings. The van der Waals surface area contributed by atoms with E-state index in [1.54, 1.807) is 14.0 Å². The van der Waals surface area contributed by atoms with Crippen LogP contribution in [0.15, 0.2) is 0 Å². The maximum absolute atomic E-state index is 12.3. The highest BCUT2D eigenvalue weighted by molar-refractivity contribution is 6.30. The third-order valence-electron chi connectivity index (χ3n) is 4.18. The van der Waals surface area contributed by atoms with Gasteiger partial charge >= 0.3 is 12.1 Å². The van der Waals surface area contributed by atoms with Crippen molar-refractivity contribution in [3.8, 4) is 0 Å². The van der Waals surface area contributed by atoms with Gasteiger partial charge in [0.1, 0.15) is 5.15 Å². The van der Waals surface area contributed by atoms with Gasteiger partial charge < -0.3 is 4.74 Å². The largest absolute Gasteiger partial charge is 0.465 e. The summed E-state index contributed by atoms with van der Waals surface area (Å²) < 4.78 is 43.8. The normalized spacial score (nSPS) is 17.2. The maximum Gasteiger partial charge on any atom is 0.401 e. The summed E-state index contributed by atoms with van der Waals surface area (Å²) >= 11 is 6.07. The van der Waals surface area contributed by atoms with E-state index in [2.05, 4.69) is 5.10 Å². The number of hydrogen-bond donors (Lipinski definition) is 0. The molecular formula is C15H21ClF3N3O2. The molecule has 0 atom stereocenters. The third kappa shape index (κ3) is 5.37. The van der Waals surface area contributed by atoms with E-state index in [4.69, 9.17) is 16.3 Å². The second kappa shape index (κ2) is 7.74. The van der Waals surface area contributed by atoms with Gasteiger partial charge in [0.2, 0.25) is 0 Å². The minimum atomic E-state index is -4.17. The van der Waals surface area contributed by atoms with Crippen molar-refractivity contribution >= 4 is 17.6 Å². The lowest BCUT2D eigenvalue weighted by atomic mass is 9.98. The van der Waals surface area contributed by atoms with E-state index in [0.29, 0.717) is 42.3 Å². The monoisotopic (exact) mass is 367 g/mol. The summed E-state index contributed by atoms with van der Waals surface area (Å²) in [6.45, 7) is 1.86. The molecule has 1 saturated heterocycles. The Morgan fingerprint density at radius 2 is 2.00 bits per heavy atom. The molecule has 9 heteroatoms. The molecule has 0 aliphatic carbocycles. The van der Waals surface area contributed by atoms with Crippen molar-refractivity contribution in [3.05, 3.63) is 16.4 Å². The molecule has 0 bridgehead atoms. The van der Waals surface area contributed by atoms with Crippen molar-refractivity contribution in [3.63, 3.8) is 0 Å². The first-order valence-corrected chi connectivity index (χ1v) is 8.16. The topological polar surface area (TPSA) is 47.4 Å². The van der Waals surface area contributed by atoms with E-state index >= 15 is 0 Å². The van der Waals surface area contributed by atoms with E-state index in [-0.39, 0.29) is 18.9 Å². The number of halogens is 4. The van der Waals surface area contributed by atoms with E-state index in [0.717, 1.165) is 0 Å². The Kier molecular flexibility index (Phi) is 6.14. The lowest BCUT2D eigenvalue weighted by Crippen LogP contribution is -2.41. The quantitative estimate of drug-likeness (QED) is 0.751. The zero-order chi connectivity index (χ0) is 17.9. The molecule has 1 aromatic rings. The number of alkyl halides is 3. The number of aromatic nitrogens is 2. The van der Waals surface area contributed by atoms with Crippen LogP contribution in [0.3, 0.4) is 0 Å². The van der Waals surface area contributed by atoms with Crippen molar-refractivity contribution in [1.29, 1.82) is 0 Å². The fourth-order valence-electron chi connectivity index (χ4n) is 2.85. The SMILES string of the molecule is Cc1nn(C)c(Cl)c1CC(=O)OCC1CCN(CC(F)(F)F)CC1. The molecule has 24 heavy (non-hydrogen) atoms. The van der Waals surface area contributed by atoms with E-state index < -0.39 is 18.7 Å². The van der Waals surface area contributed by atoms with Crippen molar-refractivity contribution in [2.24, 2.45) is 13.0 Å². The number of piperidine rings is 1. The van der Waals surface area contributed by atoms with Crippen LogP contribution in [0, 0.1) is 12.8 Å². The van der Waals surface area contributed by atoms with Crippen LogP contribution in [-0.4, -0.2) is 53.1 Å². The lowest BCUT2D eigenvalue weighted by Gasteiger charge is -2.31. The fourth-order valence-corrected chi connectivity index (χ4v) is 3.09. The average molecular weight is 368 g/mol. The molecule has 1 aliphatic rings. The van der Waals surface area contributed by atoms with Crippen LogP contribution in [0.5, 0.6) is 0 Å². The molecule has 0 unspecified atom stereocenters. The lowest BCUT2D eigenvalue weighted by molar-refractivity contribution is -0.150. The van der Waals surface area contributed by atoms with Gasteiger partial charge in [-0.3, -0.25) is 14.4 Å². The van der Waals surface area contributed by atoms with Crippen molar-refractivity contribution in [1.82, 2.24) is 14.7 Å². The summed E-state index contributed by atoms with van der Waals surface area (Å²) in [5.41, 5.74) is 1.32. The Morgan fingerprint density at radius 3 is 2.50 bits per heavy atom. The summed E-state index contributed by atoms with van der Waals surface area (Å²) in [7, 11) is 1.69. The number of rotatable bonds is 5. The van der Waals surface area contributed by atoms with E-state index in [1.807, 2.05) is 0 Å². The Bertz CT molecular complexity index is 581. The zero-order valence-corrected chi connectivity index (χ0v) is 14.5. The first kappa shape index (κ1) is 19.1. The second-order valence-electron chi connectivity index (χ2n) is 6.17. The smallest absolute Gasteiger partial charge is 0.401 e. The summed E-state index contributed by atoms with van der Waals surface area (Å²) in [5, 5.41) is 4.54. The highest BCUT2D eigenvalue weighted by Gasteiger charge is 2.32. The number of likely N-dealkylation sites (tertiary alicyclic amines) is 1. The zero-order valence-electron chi connectivity index (χ0n) is 13.7. The minimum absolute atomic E-state index is 0.0470. The Hall–Kier alpha value is -1.28. The molecule has 0 N–H and O–H groups in total. The molecule has 1 aromatic heterocycles. The van der Waals surface area contributed by atoms with Crippen LogP contribution in [0.2, 0.25) is 5.15 Å². The van der Waals surface area contributed by atoms with Crippen molar-refractivity contribution in [2.75, 3.05) is 26.2 Å². The molecule has 0 radical (unpaired) electrons. The summed E-state index contributed by atoms with van der Waals surface area (Å²) in [6.07, 6.45) is -2.93. The number of aryl methyl sites for hydroxylation is 2. The van der Waals surface area contributed by atoms with Crippen LogP contribution in [0.4, 0.5) is 13.2 Å². The third-order valence-corrected chi connectivity index (χ3v) is 4.65. The van der Waals surface area contributed by atoms with Gasteiger partial charge in [0.15, 0.2) is 0 Å². The molecule has 0 amide bonds. The number of esters is 1. The predicted octanol–water partition coefficient (Wildman–Crippen LogP) is 2.74. The van der Waals surface area contributed by atoms with Gasteiger partial charge in [-0.15, -0.1) is 0 Å². The number of hydrogen-bond acceptors (Lipinski definition) is 4. The molecule has 0 saturated carbocycles. The maximum atomic E-state index is 12.3. The molecule has 2 heterocycles. The number of carbonyl (C=O) groups is 1. The first-order chi connectivity index (χ1) is 11.2. The highest BCUT2D eigenvalue weighted by Crippen LogP contribution is 2.23. The van der Waals surface area contributed by atoms with Gasteiger partial charge in [-0.2, -0.15) is 18.3 Å². The Balaban J connectivity index is 1.73. The van der Waals surface area contributed by atoms with E-state index in [9.17, 15) is 18.0 Å². The molecule has 0 aromatic carbocycles.